The highest BCUT2D eigenvalue weighted by Crippen LogP contribution is 2.29. The summed E-state index contributed by atoms with van der Waals surface area (Å²) in [6.45, 7) is 5.34. The van der Waals surface area contributed by atoms with Crippen LogP contribution in [0.5, 0.6) is 0 Å². The lowest BCUT2D eigenvalue weighted by Gasteiger charge is -2.52. The zero-order valence-corrected chi connectivity index (χ0v) is 8.45. The molecule has 2 fully saturated rings. The van der Waals surface area contributed by atoms with E-state index in [1.54, 1.807) is 0 Å². The third-order valence-electron chi connectivity index (χ3n) is 3.33. The van der Waals surface area contributed by atoms with Gasteiger partial charge in [0.1, 0.15) is 5.82 Å². The van der Waals surface area contributed by atoms with E-state index in [4.69, 9.17) is 0 Å². The van der Waals surface area contributed by atoms with Gasteiger partial charge in [-0.15, -0.1) is 0 Å². The third-order valence-corrected chi connectivity index (χ3v) is 3.33. The van der Waals surface area contributed by atoms with Gasteiger partial charge in [-0.3, -0.25) is 4.90 Å². The molecule has 4 nitrogen and oxygen atoms in total. The molecule has 1 aromatic rings. The molecule has 0 spiro atoms. The number of hydrogen-bond acceptors (Lipinski definition) is 3. The lowest BCUT2D eigenvalue weighted by molar-refractivity contribution is -0.0224. The second kappa shape index (κ2) is 3.07. The van der Waals surface area contributed by atoms with E-state index in [0.29, 0.717) is 0 Å². The molecule has 76 valence electrons. The number of aromatic nitrogens is 2. The van der Waals surface area contributed by atoms with Crippen molar-refractivity contribution < 1.29 is 0 Å². The average molecular weight is 192 g/mol. The van der Waals surface area contributed by atoms with Crippen LogP contribution in [-0.4, -0.2) is 40.0 Å². The Kier molecular flexibility index (Phi) is 1.85. The molecule has 0 amide bonds. The highest BCUT2D eigenvalue weighted by Gasteiger charge is 2.41. The number of fused-ring (bicyclic) bond motifs is 2. The van der Waals surface area contributed by atoms with Crippen molar-refractivity contribution in [1.29, 1.82) is 0 Å². The van der Waals surface area contributed by atoms with Gasteiger partial charge in [0, 0.05) is 37.1 Å². The number of piperidine rings is 1. The van der Waals surface area contributed by atoms with Crippen LogP contribution in [0.3, 0.4) is 0 Å². The van der Waals surface area contributed by atoms with Crippen molar-refractivity contribution in [3.8, 4) is 0 Å². The predicted molar refractivity (Wildman–Crippen MR) is 53.9 cm³/mol. The molecule has 2 N–H and O–H groups in total. The topological polar surface area (TPSA) is 44.0 Å². The molecule has 0 radical (unpaired) electrons. The van der Waals surface area contributed by atoms with Gasteiger partial charge in [0.05, 0.1) is 6.54 Å². The van der Waals surface area contributed by atoms with Crippen molar-refractivity contribution in [3.63, 3.8) is 0 Å². The van der Waals surface area contributed by atoms with Crippen LogP contribution in [0, 0.1) is 6.92 Å². The molecular weight excluding hydrogens is 176 g/mol. The van der Waals surface area contributed by atoms with Crippen LogP contribution in [0.25, 0.3) is 0 Å². The molecule has 2 unspecified atom stereocenters. The molecule has 2 aliphatic heterocycles. The molecule has 0 saturated carbocycles. The Labute approximate surface area is 83.7 Å². The number of hydrogen-bond donors (Lipinski definition) is 2. The standard InChI is InChI=1S/C10H16N4/c1-7-3-12-10(13-7)6-14-8-2-9(14)5-11-4-8/h3,8-9,11H,2,4-6H2,1H3,(H,12,13). The van der Waals surface area contributed by atoms with Crippen molar-refractivity contribution in [2.45, 2.75) is 32.0 Å². The molecule has 4 heteroatoms. The molecule has 2 bridgehead atoms. The highest BCUT2D eigenvalue weighted by atomic mass is 15.3. The van der Waals surface area contributed by atoms with Gasteiger partial charge in [-0.05, 0) is 13.3 Å². The van der Waals surface area contributed by atoms with E-state index < -0.39 is 0 Å². The van der Waals surface area contributed by atoms with Gasteiger partial charge in [-0.2, -0.15) is 0 Å². The molecular formula is C10H16N4. The molecule has 2 atom stereocenters. The smallest absolute Gasteiger partial charge is 0.120 e. The predicted octanol–water partition coefficient (Wildman–Crippen LogP) is 0.264. The number of imidazole rings is 1. The van der Waals surface area contributed by atoms with E-state index in [0.717, 1.165) is 43.2 Å². The Balaban J connectivity index is 1.68. The quantitative estimate of drug-likeness (QED) is 0.706. The normalized spacial score (nSPS) is 31.5. The molecule has 1 aromatic heterocycles. The number of rotatable bonds is 2. The fourth-order valence-electron chi connectivity index (χ4n) is 2.54. The maximum Gasteiger partial charge on any atom is 0.120 e. The lowest BCUT2D eigenvalue weighted by Crippen LogP contribution is -2.67. The largest absolute Gasteiger partial charge is 0.345 e. The summed E-state index contributed by atoms with van der Waals surface area (Å²) in [4.78, 5) is 10.2. The lowest BCUT2D eigenvalue weighted by atomic mass is 9.89. The van der Waals surface area contributed by atoms with Crippen LogP contribution in [0.4, 0.5) is 0 Å². The van der Waals surface area contributed by atoms with Crippen LogP contribution >= 0.6 is 0 Å². The van der Waals surface area contributed by atoms with Crippen molar-refractivity contribution in [3.05, 3.63) is 17.7 Å². The minimum atomic E-state index is 0.749. The van der Waals surface area contributed by atoms with Crippen molar-refractivity contribution >= 4 is 0 Å². The fourth-order valence-corrected chi connectivity index (χ4v) is 2.54. The maximum absolute atomic E-state index is 4.35. The van der Waals surface area contributed by atoms with E-state index in [1.165, 1.54) is 6.42 Å². The Morgan fingerprint density at radius 3 is 2.86 bits per heavy atom. The van der Waals surface area contributed by atoms with Crippen molar-refractivity contribution in [2.24, 2.45) is 0 Å². The minimum absolute atomic E-state index is 0.749. The zero-order chi connectivity index (χ0) is 9.54. The number of aryl methyl sites for hydroxylation is 1. The number of piperazine rings is 1. The zero-order valence-electron chi connectivity index (χ0n) is 8.45. The molecule has 2 saturated heterocycles. The summed E-state index contributed by atoms with van der Waals surface area (Å²) in [7, 11) is 0. The third kappa shape index (κ3) is 1.26. The van der Waals surface area contributed by atoms with Gasteiger partial charge in [0.15, 0.2) is 0 Å². The first-order valence-electron chi connectivity index (χ1n) is 5.30. The maximum atomic E-state index is 4.35. The molecule has 14 heavy (non-hydrogen) atoms. The van der Waals surface area contributed by atoms with E-state index in [9.17, 15) is 0 Å². The second-order valence-corrected chi connectivity index (χ2v) is 4.39. The summed E-state index contributed by atoms with van der Waals surface area (Å²) in [5, 5.41) is 3.43. The summed E-state index contributed by atoms with van der Waals surface area (Å²) in [5.74, 6) is 1.11. The molecule has 0 aliphatic carbocycles. The van der Waals surface area contributed by atoms with Crippen LogP contribution < -0.4 is 5.32 Å². The van der Waals surface area contributed by atoms with Crippen LogP contribution in [0.1, 0.15) is 17.9 Å². The number of nitrogens with zero attached hydrogens (tertiary/aromatic N) is 2. The summed E-state index contributed by atoms with van der Waals surface area (Å²) in [5.41, 5.74) is 1.16. The molecule has 3 rings (SSSR count). The van der Waals surface area contributed by atoms with Crippen LogP contribution in [0.2, 0.25) is 0 Å². The first-order valence-corrected chi connectivity index (χ1v) is 5.30. The van der Waals surface area contributed by atoms with Crippen molar-refractivity contribution in [2.75, 3.05) is 13.1 Å². The van der Waals surface area contributed by atoms with Gasteiger partial charge in [0.25, 0.3) is 0 Å². The van der Waals surface area contributed by atoms with Gasteiger partial charge in [-0.25, -0.2) is 4.98 Å². The molecule has 3 heterocycles. The Hall–Kier alpha value is -0.870. The Bertz CT molecular complexity index is 319. The minimum Gasteiger partial charge on any atom is -0.345 e. The average Bonchev–Trinajstić information content (AvgIpc) is 2.62. The highest BCUT2D eigenvalue weighted by molar-refractivity contribution is 5.04. The monoisotopic (exact) mass is 192 g/mol. The van der Waals surface area contributed by atoms with E-state index >= 15 is 0 Å². The fraction of sp³-hybridized carbons (Fsp3) is 0.700. The van der Waals surface area contributed by atoms with Gasteiger partial charge in [0.2, 0.25) is 0 Å². The van der Waals surface area contributed by atoms with E-state index in [1.807, 2.05) is 6.20 Å². The van der Waals surface area contributed by atoms with Gasteiger partial charge in [-0.1, -0.05) is 0 Å². The first-order chi connectivity index (χ1) is 6.83. The number of nitrogens with one attached hydrogen (secondary N) is 2. The van der Waals surface area contributed by atoms with Gasteiger partial charge < -0.3 is 10.3 Å². The SMILES string of the molecule is Cc1cnc(CN2C3CNCC2C3)[nH]1. The molecule has 2 aliphatic rings. The van der Waals surface area contributed by atoms with Crippen LogP contribution in [0.15, 0.2) is 6.20 Å². The Morgan fingerprint density at radius 1 is 1.50 bits per heavy atom. The number of aromatic amines is 1. The summed E-state index contributed by atoms with van der Waals surface area (Å²) in [6, 6.07) is 1.50. The van der Waals surface area contributed by atoms with Gasteiger partial charge >= 0.3 is 0 Å². The number of H-pyrrole nitrogens is 1. The Morgan fingerprint density at radius 2 is 2.29 bits per heavy atom. The summed E-state index contributed by atoms with van der Waals surface area (Å²) >= 11 is 0. The first kappa shape index (κ1) is 8.44. The summed E-state index contributed by atoms with van der Waals surface area (Å²) in [6.07, 6.45) is 3.27. The van der Waals surface area contributed by atoms with E-state index in [2.05, 4.69) is 27.1 Å². The van der Waals surface area contributed by atoms with E-state index in [-0.39, 0.29) is 0 Å². The summed E-state index contributed by atoms with van der Waals surface area (Å²) < 4.78 is 0. The second-order valence-electron chi connectivity index (χ2n) is 4.39. The van der Waals surface area contributed by atoms with Crippen LogP contribution in [-0.2, 0) is 6.54 Å². The molecule has 0 aromatic carbocycles. The van der Waals surface area contributed by atoms with Crippen molar-refractivity contribution in [1.82, 2.24) is 20.2 Å².